The molecule has 0 aromatic carbocycles. The van der Waals surface area contributed by atoms with Gasteiger partial charge in [-0.05, 0) is 32.1 Å². The predicted molar refractivity (Wildman–Crippen MR) is 65.2 cm³/mol. The summed E-state index contributed by atoms with van der Waals surface area (Å²) in [5.74, 6) is -0.449. The fourth-order valence-electron chi connectivity index (χ4n) is 3.00. The van der Waals surface area contributed by atoms with Crippen molar-refractivity contribution in [2.24, 2.45) is 0 Å². The average molecular weight is 270 g/mol. The van der Waals surface area contributed by atoms with Gasteiger partial charge in [0.2, 0.25) is 5.91 Å². The molecule has 1 aliphatic carbocycles. The molecular formula is C13H19FN2O3. The lowest BCUT2D eigenvalue weighted by Gasteiger charge is -2.45. The number of piperidine rings is 1. The third kappa shape index (κ3) is 2.22. The van der Waals surface area contributed by atoms with Crippen molar-refractivity contribution in [2.45, 2.75) is 43.4 Å². The number of likely N-dealkylation sites (tertiary alicyclic amines) is 1. The number of nitrogens with one attached hydrogen (secondary N) is 1. The normalized spacial score (nSPS) is 28.7. The lowest BCUT2D eigenvalue weighted by Crippen LogP contribution is -2.60. The second kappa shape index (κ2) is 4.44. The smallest absolute Gasteiger partial charge is 0.260 e. The number of morpholine rings is 1. The number of ether oxygens (including phenoxy) is 1. The first kappa shape index (κ1) is 12.8. The number of alkyl halides is 1. The number of rotatable bonds is 1. The first-order chi connectivity index (χ1) is 9.03. The molecule has 3 aliphatic rings. The summed E-state index contributed by atoms with van der Waals surface area (Å²) in [6.07, 6.45) is 2.85. The topological polar surface area (TPSA) is 58.6 Å². The molecular weight excluding hydrogens is 251 g/mol. The van der Waals surface area contributed by atoms with Crippen LogP contribution < -0.4 is 5.32 Å². The van der Waals surface area contributed by atoms with Gasteiger partial charge in [-0.2, -0.15) is 0 Å². The highest BCUT2D eigenvalue weighted by Crippen LogP contribution is 2.39. The molecule has 3 rings (SSSR count). The maximum atomic E-state index is 14.1. The van der Waals surface area contributed by atoms with Gasteiger partial charge in [0.25, 0.3) is 5.91 Å². The molecule has 0 bridgehead atoms. The highest BCUT2D eigenvalue weighted by atomic mass is 19.1. The average Bonchev–Trinajstić information content (AvgIpc) is 2.40. The van der Waals surface area contributed by atoms with Gasteiger partial charge in [0.05, 0.1) is 5.60 Å². The van der Waals surface area contributed by atoms with Crippen LogP contribution >= 0.6 is 0 Å². The van der Waals surface area contributed by atoms with Crippen LogP contribution in [-0.4, -0.2) is 54.2 Å². The van der Waals surface area contributed by atoms with E-state index in [1.54, 1.807) is 4.90 Å². The Morgan fingerprint density at radius 1 is 1.26 bits per heavy atom. The molecule has 106 valence electrons. The molecule has 19 heavy (non-hydrogen) atoms. The number of hydrogen-bond donors (Lipinski definition) is 1. The SMILES string of the molecule is O=C1COC2(CCN(C(=O)C3(F)CCC3)CC2)CN1. The molecule has 1 N–H and O–H groups in total. The summed E-state index contributed by atoms with van der Waals surface area (Å²) in [5, 5.41) is 2.80. The van der Waals surface area contributed by atoms with Gasteiger partial charge in [0, 0.05) is 19.6 Å². The van der Waals surface area contributed by atoms with Crippen molar-refractivity contribution in [3.8, 4) is 0 Å². The zero-order valence-corrected chi connectivity index (χ0v) is 10.9. The highest BCUT2D eigenvalue weighted by molar-refractivity contribution is 5.86. The van der Waals surface area contributed by atoms with Gasteiger partial charge in [-0.1, -0.05) is 0 Å². The molecule has 0 atom stereocenters. The van der Waals surface area contributed by atoms with E-state index in [0.29, 0.717) is 45.3 Å². The Kier molecular flexibility index (Phi) is 3.00. The third-order valence-electron chi connectivity index (χ3n) is 4.61. The summed E-state index contributed by atoms with van der Waals surface area (Å²) in [6, 6.07) is 0. The van der Waals surface area contributed by atoms with Crippen LogP contribution in [-0.2, 0) is 14.3 Å². The summed E-state index contributed by atoms with van der Waals surface area (Å²) in [5.41, 5.74) is -1.96. The Bertz CT molecular complexity index is 389. The Morgan fingerprint density at radius 3 is 2.42 bits per heavy atom. The minimum Gasteiger partial charge on any atom is -0.363 e. The van der Waals surface area contributed by atoms with E-state index in [1.807, 2.05) is 0 Å². The van der Waals surface area contributed by atoms with E-state index in [0.717, 1.165) is 6.42 Å². The van der Waals surface area contributed by atoms with Crippen LogP contribution in [0.15, 0.2) is 0 Å². The van der Waals surface area contributed by atoms with Crippen molar-refractivity contribution in [3.05, 3.63) is 0 Å². The van der Waals surface area contributed by atoms with E-state index in [-0.39, 0.29) is 24.0 Å². The zero-order valence-electron chi connectivity index (χ0n) is 10.9. The van der Waals surface area contributed by atoms with Gasteiger partial charge >= 0.3 is 0 Å². The molecule has 2 aliphatic heterocycles. The first-order valence-corrected chi connectivity index (χ1v) is 6.92. The second-order valence-electron chi connectivity index (χ2n) is 5.86. The molecule has 2 saturated heterocycles. The lowest BCUT2D eigenvalue weighted by molar-refractivity contribution is -0.162. The van der Waals surface area contributed by atoms with Crippen molar-refractivity contribution in [3.63, 3.8) is 0 Å². The molecule has 0 aromatic heterocycles. The molecule has 0 radical (unpaired) electrons. The van der Waals surface area contributed by atoms with Crippen LogP contribution in [0.5, 0.6) is 0 Å². The van der Waals surface area contributed by atoms with Crippen molar-refractivity contribution in [2.75, 3.05) is 26.2 Å². The van der Waals surface area contributed by atoms with Gasteiger partial charge in [-0.15, -0.1) is 0 Å². The molecule has 1 saturated carbocycles. The van der Waals surface area contributed by atoms with Crippen molar-refractivity contribution >= 4 is 11.8 Å². The maximum Gasteiger partial charge on any atom is 0.260 e. The minimum atomic E-state index is -1.61. The molecule has 0 unspecified atom stereocenters. The monoisotopic (exact) mass is 270 g/mol. The number of carbonyl (C=O) groups is 2. The maximum absolute atomic E-state index is 14.1. The summed E-state index contributed by atoms with van der Waals surface area (Å²) in [7, 11) is 0. The van der Waals surface area contributed by atoms with Gasteiger partial charge in [0.15, 0.2) is 5.67 Å². The van der Waals surface area contributed by atoms with Gasteiger partial charge in [0.1, 0.15) is 6.61 Å². The van der Waals surface area contributed by atoms with E-state index < -0.39 is 5.67 Å². The molecule has 2 amide bonds. The highest BCUT2D eigenvalue weighted by Gasteiger charge is 2.49. The quantitative estimate of drug-likeness (QED) is 0.749. The molecule has 3 fully saturated rings. The van der Waals surface area contributed by atoms with Crippen molar-refractivity contribution in [1.29, 1.82) is 0 Å². The zero-order chi connectivity index (χ0) is 13.5. The van der Waals surface area contributed by atoms with Crippen molar-refractivity contribution < 1.29 is 18.7 Å². The summed E-state index contributed by atoms with van der Waals surface area (Å²) in [4.78, 5) is 24.8. The standard InChI is InChI=1S/C13H19FN2O3/c14-13(2-1-3-13)11(18)16-6-4-12(5-7-16)9-15-10(17)8-19-12/h1-9H2,(H,15,17). The third-order valence-corrected chi connectivity index (χ3v) is 4.61. The molecule has 1 spiro atoms. The van der Waals surface area contributed by atoms with E-state index in [1.165, 1.54) is 0 Å². The van der Waals surface area contributed by atoms with Gasteiger partial charge in [-0.25, -0.2) is 4.39 Å². The number of halogens is 1. The summed E-state index contributed by atoms with van der Waals surface area (Å²) < 4.78 is 19.7. The van der Waals surface area contributed by atoms with E-state index >= 15 is 0 Å². The van der Waals surface area contributed by atoms with E-state index in [4.69, 9.17) is 4.74 Å². The van der Waals surface area contributed by atoms with Crippen molar-refractivity contribution in [1.82, 2.24) is 10.2 Å². The number of amides is 2. The van der Waals surface area contributed by atoms with E-state index in [9.17, 15) is 14.0 Å². The van der Waals surface area contributed by atoms with Crippen LogP contribution in [0, 0.1) is 0 Å². The number of hydrogen-bond acceptors (Lipinski definition) is 3. The van der Waals surface area contributed by atoms with Crippen LogP contribution in [0.2, 0.25) is 0 Å². The van der Waals surface area contributed by atoms with E-state index in [2.05, 4.69) is 5.32 Å². The van der Waals surface area contributed by atoms with Gasteiger partial charge < -0.3 is 15.0 Å². The molecule has 5 nitrogen and oxygen atoms in total. The van der Waals surface area contributed by atoms with Crippen LogP contribution in [0.1, 0.15) is 32.1 Å². The first-order valence-electron chi connectivity index (χ1n) is 6.92. The lowest BCUT2D eigenvalue weighted by atomic mass is 9.80. The summed E-state index contributed by atoms with van der Waals surface area (Å²) >= 11 is 0. The van der Waals surface area contributed by atoms with Crippen LogP contribution in [0.25, 0.3) is 0 Å². The fourth-order valence-corrected chi connectivity index (χ4v) is 3.00. The Balaban J connectivity index is 1.57. The van der Waals surface area contributed by atoms with Gasteiger partial charge in [-0.3, -0.25) is 9.59 Å². The van der Waals surface area contributed by atoms with Crippen LogP contribution in [0.4, 0.5) is 4.39 Å². The Labute approximate surface area is 111 Å². The number of carbonyl (C=O) groups excluding carboxylic acids is 2. The Hall–Kier alpha value is -1.17. The summed E-state index contributed by atoms with van der Waals surface area (Å²) in [6.45, 7) is 1.61. The Morgan fingerprint density at radius 2 is 1.95 bits per heavy atom. The molecule has 2 heterocycles. The fraction of sp³-hybridized carbons (Fsp3) is 0.846. The largest absolute Gasteiger partial charge is 0.363 e. The minimum absolute atomic E-state index is 0.0843. The number of nitrogens with zero attached hydrogens (tertiary/aromatic N) is 1. The second-order valence-corrected chi connectivity index (χ2v) is 5.86. The molecule has 0 aromatic rings. The molecule has 6 heteroatoms. The predicted octanol–water partition coefficient (Wildman–Crippen LogP) is 0.386. The van der Waals surface area contributed by atoms with Crippen LogP contribution in [0.3, 0.4) is 0 Å².